The second kappa shape index (κ2) is 8.41. The zero-order chi connectivity index (χ0) is 20.4. The van der Waals surface area contributed by atoms with Gasteiger partial charge in [0.15, 0.2) is 11.0 Å². The molecule has 2 aromatic heterocycles. The number of furan rings is 1. The second-order valence-corrected chi connectivity index (χ2v) is 7.94. The van der Waals surface area contributed by atoms with E-state index >= 15 is 0 Å². The van der Waals surface area contributed by atoms with Crippen LogP contribution in [0.3, 0.4) is 0 Å². The van der Waals surface area contributed by atoms with Gasteiger partial charge in [0.2, 0.25) is 0 Å². The molecule has 0 aliphatic carbocycles. The number of hydrogen-bond donors (Lipinski definition) is 0. The molecule has 0 bridgehead atoms. The molecule has 29 heavy (non-hydrogen) atoms. The van der Waals surface area contributed by atoms with E-state index in [9.17, 15) is 9.59 Å². The molecule has 0 atom stereocenters. The Morgan fingerprint density at radius 3 is 2.48 bits per heavy atom. The zero-order valence-corrected chi connectivity index (χ0v) is 17.2. The lowest BCUT2D eigenvalue weighted by molar-refractivity contribution is 0.0675. The van der Waals surface area contributed by atoms with Crippen LogP contribution in [0.2, 0.25) is 5.22 Å². The van der Waals surface area contributed by atoms with Crippen LogP contribution < -0.4 is 0 Å². The van der Waals surface area contributed by atoms with Crippen molar-refractivity contribution in [3.05, 3.63) is 64.3 Å². The molecule has 0 unspecified atom stereocenters. The number of amides is 2. The van der Waals surface area contributed by atoms with Crippen LogP contribution in [0.25, 0.3) is 0 Å². The van der Waals surface area contributed by atoms with Gasteiger partial charge in [-0.25, -0.2) is 0 Å². The number of carbonyl (C=O) groups excluding carboxylic acids is 2. The van der Waals surface area contributed by atoms with E-state index in [0.717, 1.165) is 37.2 Å². The van der Waals surface area contributed by atoms with E-state index in [1.54, 1.807) is 17.0 Å². The van der Waals surface area contributed by atoms with E-state index < -0.39 is 0 Å². The van der Waals surface area contributed by atoms with E-state index in [-0.39, 0.29) is 28.7 Å². The van der Waals surface area contributed by atoms with Crippen LogP contribution in [0, 0.1) is 6.92 Å². The molecule has 1 saturated heterocycles. The zero-order valence-electron chi connectivity index (χ0n) is 16.4. The highest BCUT2D eigenvalue weighted by molar-refractivity contribution is 6.29. The molecular weight excluding hydrogens is 390 g/mol. The van der Waals surface area contributed by atoms with Crippen LogP contribution >= 0.6 is 11.6 Å². The van der Waals surface area contributed by atoms with Gasteiger partial charge in [0.25, 0.3) is 11.8 Å². The quantitative estimate of drug-likeness (QED) is 0.712. The van der Waals surface area contributed by atoms with Crippen LogP contribution in [0.5, 0.6) is 0 Å². The summed E-state index contributed by atoms with van der Waals surface area (Å²) in [6.45, 7) is 4.52. The average molecular weight is 414 g/mol. The van der Waals surface area contributed by atoms with E-state index in [1.165, 1.54) is 0 Å². The van der Waals surface area contributed by atoms with Gasteiger partial charge in [-0.05, 0) is 62.1 Å². The van der Waals surface area contributed by atoms with Crippen molar-refractivity contribution in [2.75, 3.05) is 26.2 Å². The van der Waals surface area contributed by atoms with Gasteiger partial charge in [0.05, 0.1) is 11.3 Å². The monoisotopic (exact) mass is 413 g/mol. The van der Waals surface area contributed by atoms with Gasteiger partial charge in [-0.1, -0.05) is 12.2 Å². The predicted molar refractivity (Wildman–Crippen MR) is 110 cm³/mol. The summed E-state index contributed by atoms with van der Waals surface area (Å²) in [5.74, 6) is 0.305. The largest absolute Gasteiger partial charge is 0.440 e. The van der Waals surface area contributed by atoms with E-state index in [1.807, 2.05) is 30.0 Å². The first-order valence-electron chi connectivity index (χ1n) is 9.99. The number of pyridine rings is 1. The molecule has 2 aromatic rings. The van der Waals surface area contributed by atoms with Crippen LogP contribution in [-0.2, 0) is 0 Å². The fraction of sp³-hybridized carbons (Fsp3) is 0.409. The number of nitrogens with zero attached hydrogens (tertiary/aromatic N) is 3. The minimum Gasteiger partial charge on any atom is -0.440 e. The molecule has 0 radical (unpaired) electrons. The summed E-state index contributed by atoms with van der Waals surface area (Å²) in [5.41, 5.74) is 2.45. The van der Waals surface area contributed by atoms with Crippen LogP contribution in [-0.4, -0.2) is 52.8 Å². The molecule has 4 heterocycles. The third kappa shape index (κ3) is 4.22. The van der Waals surface area contributed by atoms with Gasteiger partial charge < -0.3 is 14.2 Å². The molecule has 152 valence electrons. The number of carbonyl (C=O) groups is 2. The summed E-state index contributed by atoms with van der Waals surface area (Å²) >= 11 is 5.79. The van der Waals surface area contributed by atoms with Crippen LogP contribution in [0.15, 0.2) is 40.8 Å². The molecule has 2 aliphatic rings. The van der Waals surface area contributed by atoms with E-state index in [2.05, 4.69) is 6.08 Å². The average Bonchev–Trinajstić information content (AvgIpc) is 3.20. The van der Waals surface area contributed by atoms with Crippen molar-refractivity contribution < 1.29 is 14.0 Å². The van der Waals surface area contributed by atoms with Gasteiger partial charge in [-0.3, -0.25) is 14.6 Å². The van der Waals surface area contributed by atoms with Gasteiger partial charge in [-0.15, -0.1) is 0 Å². The van der Waals surface area contributed by atoms with Crippen LogP contribution in [0.4, 0.5) is 0 Å². The highest BCUT2D eigenvalue weighted by Gasteiger charge is 2.30. The minimum atomic E-state index is -0.149. The molecule has 4 rings (SSSR count). The topological polar surface area (TPSA) is 66.7 Å². The fourth-order valence-electron chi connectivity index (χ4n) is 4.01. The second-order valence-electron chi connectivity index (χ2n) is 7.57. The summed E-state index contributed by atoms with van der Waals surface area (Å²) < 4.78 is 5.25. The Bertz CT molecular complexity index is 945. The molecule has 0 aromatic carbocycles. The molecule has 2 aliphatic heterocycles. The number of piperidine rings is 1. The van der Waals surface area contributed by atoms with Crippen molar-refractivity contribution in [3.8, 4) is 0 Å². The van der Waals surface area contributed by atoms with Gasteiger partial charge in [-0.2, -0.15) is 0 Å². The molecule has 6 nitrogen and oxygen atoms in total. The lowest BCUT2D eigenvalue weighted by Gasteiger charge is -2.32. The molecular formula is C22H24ClN3O3. The molecule has 2 amide bonds. The van der Waals surface area contributed by atoms with Crippen molar-refractivity contribution in [3.63, 3.8) is 0 Å². The fourth-order valence-corrected chi connectivity index (χ4v) is 4.15. The molecule has 1 fully saturated rings. The van der Waals surface area contributed by atoms with Crippen molar-refractivity contribution in [1.82, 2.24) is 14.8 Å². The lowest BCUT2D eigenvalue weighted by Crippen LogP contribution is -2.39. The van der Waals surface area contributed by atoms with E-state index in [0.29, 0.717) is 25.2 Å². The predicted octanol–water partition coefficient (Wildman–Crippen LogP) is 4.06. The Kier molecular flexibility index (Phi) is 5.72. The normalized spacial score (nSPS) is 17.6. The van der Waals surface area contributed by atoms with Crippen molar-refractivity contribution >= 4 is 23.4 Å². The molecule has 0 saturated carbocycles. The Labute approximate surface area is 175 Å². The highest BCUT2D eigenvalue weighted by Crippen LogP contribution is 2.31. The van der Waals surface area contributed by atoms with Gasteiger partial charge in [0.1, 0.15) is 0 Å². The maximum absolute atomic E-state index is 13.1. The summed E-state index contributed by atoms with van der Waals surface area (Å²) in [6, 6.07) is 6.98. The number of rotatable bonds is 3. The maximum Gasteiger partial charge on any atom is 0.289 e. The summed E-state index contributed by atoms with van der Waals surface area (Å²) in [4.78, 5) is 34.1. The third-order valence-corrected chi connectivity index (χ3v) is 5.80. The molecule has 0 spiro atoms. The molecule has 0 N–H and O–H groups in total. The number of aryl methyl sites for hydroxylation is 1. The number of hydrogen-bond acceptors (Lipinski definition) is 4. The Hall–Kier alpha value is -2.60. The van der Waals surface area contributed by atoms with Crippen LogP contribution in [0.1, 0.15) is 57.5 Å². The Morgan fingerprint density at radius 2 is 1.83 bits per heavy atom. The number of aromatic nitrogens is 1. The first-order valence-corrected chi connectivity index (χ1v) is 10.4. The lowest BCUT2D eigenvalue weighted by atomic mass is 9.89. The smallest absolute Gasteiger partial charge is 0.289 e. The Morgan fingerprint density at radius 1 is 1.03 bits per heavy atom. The van der Waals surface area contributed by atoms with E-state index in [4.69, 9.17) is 21.0 Å². The minimum absolute atomic E-state index is 0.0422. The highest BCUT2D eigenvalue weighted by atomic mass is 35.5. The summed E-state index contributed by atoms with van der Waals surface area (Å²) in [5, 5.41) is 0.211. The number of likely N-dealkylation sites (tertiary alicyclic amines) is 1. The van der Waals surface area contributed by atoms with Crippen molar-refractivity contribution in [1.29, 1.82) is 0 Å². The first kappa shape index (κ1) is 19.7. The van der Waals surface area contributed by atoms with Crippen molar-refractivity contribution in [2.45, 2.75) is 32.1 Å². The molecule has 7 heteroatoms. The number of halogens is 1. The van der Waals surface area contributed by atoms with Gasteiger partial charge in [0, 0.05) is 37.8 Å². The first-order chi connectivity index (χ1) is 14.0. The summed E-state index contributed by atoms with van der Waals surface area (Å²) in [7, 11) is 0. The maximum atomic E-state index is 13.1. The third-order valence-electron chi connectivity index (χ3n) is 5.59. The standard InChI is InChI=1S/C22H24ClN3O3/c1-15-5-6-17(21(27)25-11-3-2-4-12-25)20(24-15)16-9-13-26(14-10-16)22(28)18-7-8-19(23)29-18/h2-3,5-8,16H,4,9-14H2,1H3. The van der Waals surface area contributed by atoms with Gasteiger partial charge >= 0.3 is 0 Å². The summed E-state index contributed by atoms with van der Waals surface area (Å²) in [6.07, 6.45) is 6.55. The SMILES string of the molecule is Cc1ccc(C(=O)N2CC=CCC2)c(C2CCN(C(=O)c3ccc(Cl)o3)CC2)n1. The Balaban J connectivity index is 1.49. The van der Waals surface area contributed by atoms with Crippen molar-refractivity contribution in [2.24, 2.45) is 0 Å².